The summed E-state index contributed by atoms with van der Waals surface area (Å²) < 4.78 is 0. The van der Waals surface area contributed by atoms with Crippen LogP contribution in [0.4, 0.5) is 0 Å². The van der Waals surface area contributed by atoms with Crippen molar-refractivity contribution < 1.29 is 5.11 Å². The van der Waals surface area contributed by atoms with E-state index in [-0.39, 0.29) is 5.41 Å². The van der Waals surface area contributed by atoms with Gasteiger partial charge in [-0.15, -0.1) is 11.3 Å². The van der Waals surface area contributed by atoms with Crippen molar-refractivity contribution in [1.29, 1.82) is 0 Å². The molecule has 2 rings (SSSR count). The van der Waals surface area contributed by atoms with E-state index in [0.717, 1.165) is 25.7 Å². The average molecular weight is 238 g/mol. The van der Waals surface area contributed by atoms with E-state index in [1.807, 2.05) is 0 Å². The smallest absolute Gasteiger partial charge is 0.0701 e. The van der Waals surface area contributed by atoms with Crippen molar-refractivity contribution in [3.05, 3.63) is 22.4 Å². The highest BCUT2D eigenvalue weighted by Crippen LogP contribution is 2.46. The van der Waals surface area contributed by atoms with Gasteiger partial charge in [0.05, 0.1) is 5.60 Å². The van der Waals surface area contributed by atoms with Crippen molar-refractivity contribution in [3.8, 4) is 0 Å². The van der Waals surface area contributed by atoms with Gasteiger partial charge in [-0.3, -0.25) is 0 Å². The van der Waals surface area contributed by atoms with E-state index < -0.39 is 5.60 Å². The maximum Gasteiger partial charge on any atom is 0.0701 e. The maximum absolute atomic E-state index is 10.8. The summed E-state index contributed by atoms with van der Waals surface area (Å²) in [7, 11) is 0. The number of hydrogen-bond donors (Lipinski definition) is 1. The first-order valence-corrected chi connectivity index (χ1v) is 7.16. The lowest BCUT2D eigenvalue weighted by molar-refractivity contribution is -0.102. The summed E-state index contributed by atoms with van der Waals surface area (Å²) in [5, 5.41) is 12.9. The van der Waals surface area contributed by atoms with Gasteiger partial charge in [-0.05, 0) is 42.5 Å². The van der Waals surface area contributed by atoms with Crippen LogP contribution in [0.25, 0.3) is 0 Å². The molecule has 16 heavy (non-hydrogen) atoms. The third kappa shape index (κ3) is 2.33. The molecule has 0 spiro atoms. The fourth-order valence-electron chi connectivity index (χ4n) is 2.80. The van der Waals surface area contributed by atoms with Crippen LogP contribution in [0.3, 0.4) is 0 Å². The monoisotopic (exact) mass is 238 g/mol. The molecular formula is C14H22OS. The molecule has 1 N–H and O–H groups in total. The molecule has 0 radical (unpaired) electrons. The van der Waals surface area contributed by atoms with Crippen molar-refractivity contribution in [2.45, 2.75) is 58.0 Å². The van der Waals surface area contributed by atoms with Crippen molar-refractivity contribution in [1.82, 2.24) is 0 Å². The Bertz CT molecular complexity index is 329. The van der Waals surface area contributed by atoms with Gasteiger partial charge in [0, 0.05) is 4.88 Å². The largest absolute Gasteiger partial charge is 0.389 e. The topological polar surface area (TPSA) is 20.2 Å². The average Bonchev–Trinajstić information content (AvgIpc) is 2.73. The summed E-state index contributed by atoms with van der Waals surface area (Å²) in [5.41, 5.74) is -0.363. The molecule has 1 saturated carbocycles. The molecule has 1 aliphatic rings. The fraction of sp³-hybridized carbons (Fsp3) is 0.714. The lowest BCUT2D eigenvalue weighted by Gasteiger charge is -2.46. The van der Waals surface area contributed by atoms with E-state index in [0.29, 0.717) is 0 Å². The van der Waals surface area contributed by atoms with E-state index in [4.69, 9.17) is 0 Å². The Morgan fingerprint density at radius 2 is 2.06 bits per heavy atom. The van der Waals surface area contributed by atoms with Crippen LogP contribution in [-0.4, -0.2) is 10.7 Å². The SMILES string of the molecule is CC1(C)CCCCC1(O)CCc1cccs1. The van der Waals surface area contributed by atoms with Gasteiger partial charge in [-0.2, -0.15) is 0 Å². The molecule has 1 nitrogen and oxygen atoms in total. The zero-order valence-corrected chi connectivity index (χ0v) is 11.1. The maximum atomic E-state index is 10.8. The van der Waals surface area contributed by atoms with Crippen LogP contribution in [0, 0.1) is 5.41 Å². The van der Waals surface area contributed by atoms with E-state index in [9.17, 15) is 5.11 Å². The zero-order valence-electron chi connectivity index (χ0n) is 10.3. The summed E-state index contributed by atoms with van der Waals surface area (Å²) >= 11 is 1.80. The molecule has 2 heteroatoms. The highest BCUT2D eigenvalue weighted by molar-refractivity contribution is 7.09. The molecule has 1 aliphatic carbocycles. The Hall–Kier alpha value is -0.340. The van der Waals surface area contributed by atoms with Crippen LogP contribution >= 0.6 is 11.3 Å². The number of thiophene rings is 1. The summed E-state index contributed by atoms with van der Waals surface area (Å²) in [4.78, 5) is 1.40. The van der Waals surface area contributed by atoms with Crippen LogP contribution in [0.5, 0.6) is 0 Å². The number of hydrogen-bond acceptors (Lipinski definition) is 2. The van der Waals surface area contributed by atoms with Gasteiger partial charge in [0.1, 0.15) is 0 Å². The molecule has 1 aromatic rings. The Labute approximate surface area is 103 Å². The van der Waals surface area contributed by atoms with Gasteiger partial charge in [-0.25, -0.2) is 0 Å². The van der Waals surface area contributed by atoms with Gasteiger partial charge < -0.3 is 5.11 Å². The Morgan fingerprint density at radius 3 is 2.69 bits per heavy atom. The number of aliphatic hydroxyl groups is 1. The van der Waals surface area contributed by atoms with Crippen molar-refractivity contribution in [3.63, 3.8) is 0 Å². The number of rotatable bonds is 3. The molecule has 1 heterocycles. The summed E-state index contributed by atoms with van der Waals surface area (Å²) in [6.07, 6.45) is 6.54. The third-order valence-electron chi connectivity index (χ3n) is 4.27. The second kappa shape index (κ2) is 4.50. The lowest BCUT2D eigenvalue weighted by Crippen LogP contribution is -2.47. The fourth-order valence-corrected chi connectivity index (χ4v) is 3.51. The summed E-state index contributed by atoms with van der Waals surface area (Å²) in [5.74, 6) is 0. The quantitative estimate of drug-likeness (QED) is 0.843. The van der Waals surface area contributed by atoms with Crippen molar-refractivity contribution in [2.24, 2.45) is 5.41 Å². The molecule has 0 aliphatic heterocycles. The molecule has 0 bridgehead atoms. The standard InChI is InChI=1S/C14H22OS/c1-13(2)8-3-4-9-14(13,15)10-7-12-6-5-11-16-12/h5-6,11,15H,3-4,7-10H2,1-2H3. The Morgan fingerprint density at radius 1 is 1.31 bits per heavy atom. The molecular weight excluding hydrogens is 216 g/mol. The molecule has 1 fully saturated rings. The van der Waals surface area contributed by atoms with Crippen LogP contribution in [0.2, 0.25) is 0 Å². The summed E-state index contributed by atoms with van der Waals surface area (Å²) in [6, 6.07) is 4.26. The molecule has 1 aromatic heterocycles. The van der Waals surface area contributed by atoms with Gasteiger partial charge in [0.15, 0.2) is 0 Å². The predicted octanol–water partition coefficient (Wildman–Crippen LogP) is 4.01. The molecule has 90 valence electrons. The zero-order chi connectivity index (χ0) is 11.6. The minimum atomic E-state index is -0.449. The number of aryl methyl sites for hydroxylation is 1. The predicted molar refractivity (Wildman–Crippen MR) is 69.8 cm³/mol. The minimum Gasteiger partial charge on any atom is -0.389 e. The normalized spacial score (nSPS) is 29.2. The molecule has 0 amide bonds. The first-order chi connectivity index (χ1) is 7.54. The third-order valence-corrected chi connectivity index (χ3v) is 5.20. The van der Waals surface area contributed by atoms with Crippen LogP contribution < -0.4 is 0 Å². The molecule has 0 saturated heterocycles. The molecule has 1 atom stereocenters. The summed E-state index contributed by atoms with van der Waals surface area (Å²) in [6.45, 7) is 4.45. The Balaban J connectivity index is 2.01. The van der Waals surface area contributed by atoms with Gasteiger partial charge in [-0.1, -0.05) is 32.8 Å². The van der Waals surface area contributed by atoms with Crippen molar-refractivity contribution >= 4 is 11.3 Å². The first kappa shape index (κ1) is 12.1. The van der Waals surface area contributed by atoms with Gasteiger partial charge in [0.25, 0.3) is 0 Å². The lowest BCUT2D eigenvalue weighted by atomic mass is 9.63. The van der Waals surface area contributed by atoms with Crippen LogP contribution in [0.1, 0.15) is 50.8 Å². The van der Waals surface area contributed by atoms with E-state index >= 15 is 0 Å². The van der Waals surface area contributed by atoms with E-state index in [2.05, 4.69) is 31.4 Å². The van der Waals surface area contributed by atoms with Gasteiger partial charge in [0.2, 0.25) is 0 Å². The van der Waals surface area contributed by atoms with Gasteiger partial charge >= 0.3 is 0 Å². The molecule has 1 unspecified atom stereocenters. The second-order valence-electron chi connectivity index (χ2n) is 5.70. The second-order valence-corrected chi connectivity index (χ2v) is 6.73. The van der Waals surface area contributed by atoms with E-state index in [1.165, 1.54) is 17.7 Å². The minimum absolute atomic E-state index is 0.0858. The molecule has 0 aromatic carbocycles. The van der Waals surface area contributed by atoms with Crippen LogP contribution in [-0.2, 0) is 6.42 Å². The highest BCUT2D eigenvalue weighted by atomic mass is 32.1. The van der Waals surface area contributed by atoms with Crippen molar-refractivity contribution in [2.75, 3.05) is 0 Å². The highest BCUT2D eigenvalue weighted by Gasteiger charge is 2.44. The first-order valence-electron chi connectivity index (χ1n) is 6.28. The van der Waals surface area contributed by atoms with Crippen LogP contribution in [0.15, 0.2) is 17.5 Å². The van der Waals surface area contributed by atoms with E-state index in [1.54, 1.807) is 11.3 Å². The Kier molecular flexibility index (Phi) is 3.41.